The summed E-state index contributed by atoms with van der Waals surface area (Å²) in [5.41, 5.74) is 4.91. The molecule has 1 rings (SSSR count). The van der Waals surface area contributed by atoms with E-state index in [1.165, 1.54) is 6.08 Å². The van der Waals surface area contributed by atoms with Gasteiger partial charge in [0.25, 0.3) is 0 Å². The molecule has 0 aliphatic carbocycles. The number of primary amides is 1. The number of hydrogen-bond acceptors (Lipinski definition) is 2. The molecule has 1 amide bonds. The van der Waals surface area contributed by atoms with Crippen molar-refractivity contribution in [2.24, 2.45) is 5.73 Å². The molecule has 0 atom stereocenters. The second-order valence-corrected chi connectivity index (χ2v) is 4.37. The van der Waals surface area contributed by atoms with Gasteiger partial charge in [-0.25, -0.2) is 0 Å². The molecule has 1 aromatic heterocycles. The Morgan fingerprint density at radius 1 is 1.64 bits per heavy atom. The first kappa shape index (κ1) is 8.49. The van der Waals surface area contributed by atoms with Crippen LogP contribution in [-0.4, -0.2) is 5.91 Å². The van der Waals surface area contributed by atoms with E-state index in [2.05, 4.69) is 15.9 Å². The van der Waals surface area contributed by atoms with E-state index in [1.54, 1.807) is 17.4 Å². The topological polar surface area (TPSA) is 43.1 Å². The maximum Gasteiger partial charge on any atom is 0.241 e. The van der Waals surface area contributed by atoms with Gasteiger partial charge in [0, 0.05) is 11.0 Å². The number of thiophene rings is 1. The van der Waals surface area contributed by atoms with Gasteiger partial charge < -0.3 is 5.73 Å². The zero-order valence-corrected chi connectivity index (χ0v) is 7.98. The lowest BCUT2D eigenvalue weighted by atomic mass is 10.4. The monoisotopic (exact) mass is 231 g/mol. The van der Waals surface area contributed by atoms with E-state index in [4.69, 9.17) is 5.73 Å². The molecule has 0 saturated heterocycles. The molecule has 0 spiro atoms. The van der Waals surface area contributed by atoms with E-state index in [9.17, 15) is 4.79 Å². The standard InChI is InChI=1S/C7H6BrNOS/c8-6-3-1-5(11-6)2-4-7(9)10/h1-4H,(H2,9,10)/b4-2-. The molecule has 0 bridgehead atoms. The van der Waals surface area contributed by atoms with E-state index >= 15 is 0 Å². The second-order valence-electron chi connectivity index (χ2n) is 1.88. The van der Waals surface area contributed by atoms with E-state index in [0.29, 0.717) is 0 Å². The van der Waals surface area contributed by atoms with Crippen molar-refractivity contribution in [2.45, 2.75) is 0 Å². The molecule has 58 valence electrons. The van der Waals surface area contributed by atoms with Crippen molar-refractivity contribution in [1.82, 2.24) is 0 Å². The summed E-state index contributed by atoms with van der Waals surface area (Å²) in [6.07, 6.45) is 3.04. The van der Waals surface area contributed by atoms with Crippen molar-refractivity contribution in [3.63, 3.8) is 0 Å². The van der Waals surface area contributed by atoms with Crippen LogP contribution in [0.15, 0.2) is 22.0 Å². The number of nitrogens with two attached hydrogens (primary N) is 1. The minimum atomic E-state index is -0.422. The minimum Gasteiger partial charge on any atom is -0.366 e. The van der Waals surface area contributed by atoms with Crippen LogP contribution in [0.4, 0.5) is 0 Å². The van der Waals surface area contributed by atoms with Crippen LogP contribution in [0, 0.1) is 0 Å². The first-order valence-corrected chi connectivity index (χ1v) is 4.52. The minimum absolute atomic E-state index is 0.422. The highest BCUT2D eigenvalue weighted by Gasteiger charge is 1.92. The summed E-state index contributed by atoms with van der Waals surface area (Å²) in [4.78, 5) is 11.3. The molecule has 0 aliphatic heterocycles. The number of rotatable bonds is 2. The van der Waals surface area contributed by atoms with Gasteiger partial charge in [0.2, 0.25) is 5.91 Å². The molecule has 2 nitrogen and oxygen atoms in total. The molecule has 0 saturated carbocycles. The summed E-state index contributed by atoms with van der Waals surface area (Å²) >= 11 is 4.86. The van der Waals surface area contributed by atoms with Crippen molar-refractivity contribution in [3.8, 4) is 0 Å². The third kappa shape index (κ3) is 2.86. The molecule has 0 aliphatic rings. The maximum atomic E-state index is 10.3. The van der Waals surface area contributed by atoms with Crippen LogP contribution in [-0.2, 0) is 4.79 Å². The van der Waals surface area contributed by atoms with E-state index < -0.39 is 5.91 Å². The van der Waals surface area contributed by atoms with E-state index in [0.717, 1.165) is 8.66 Å². The third-order valence-electron chi connectivity index (χ3n) is 1.01. The summed E-state index contributed by atoms with van der Waals surface area (Å²) in [6.45, 7) is 0. The Kier molecular flexibility index (Phi) is 2.84. The highest BCUT2D eigenvalue weighted by atomic mass is 79.9. The Hall–Kier alpha value is -0.610. The Morgan fingerprint density at radius 2 is 2.36 bits per heavy atom. The first-order chi connectivity index (χ1) is 5.18. The zero-order chi connectivity index (χ0) is 8.27. The van der Waals surface area contributed by atoms with E-state index in [-0.39, 0.29) is 0 Å². The summed E-state index contributed by atoms with van der Waals surface area (Å²) in [5, 5.41) is 0. The van der Waals surface area contributed by atoms with Crippen molar-refractivity contribution in [1.29, 1.82) is 0 Å². The summed E-state index contributed by atoms with van der Waals surface area (Å²) < 4.78 is 1.04. The van der Waals surface area contributed by atoms with Gasteiger partial charge in [-0.3, -0.25) is 4.79 Å². The molecule has 4 heteroatoms. The lowest BCUT2D eigenvalue weighted by Crippen LogP contribution is -2.04. The molecular formula is C7H6BrNOS. The zero-order valence-electron chi connectivity index (χ0n) is 5.58. The Labute approximate surface area is 76.8 Å². The van der Waals surface area contributed by atoms with Crippen LogP contribution >= 0.6 is 27.3 Å². The van der Waals surface area contributed by atoms with Crippen molar-refractivity contribution in [3.05, 3.63) is 26.9 Å². The van der Waals surface area contributed by atoms with Crippen LogP contribution in [0.1, 0.15) is 4.88 Å². The lowest BCUT2D eigenvalue weighted by Gasteiger charge is -1.80. The van der Waals surface area contributed by atoms with Gasteiger partial charge in [-0.15, -0.1) is 11.3 Å². The third-order valence-corrected chi connectivity index (χ3v) is 2.59. The van der Waals surface area contributed by atoms with Gasteiger partial charge in [-0.1, -0.05) is 0 Å². The quantitative estimate of drug-likeness (QED) is 0.778. The Balaban J connectivity index is 2.71. The molecule has 1 aromatic rings. The van der Waals surface area contributed by atoms with Crippen molar-refractivity contribution in [2.75, 3.05) is 0 Å². The average Bonchev–Trinajstić information content (AvgIpc) is 2.31. The van der Waals surface area contributed by atoms with Crippen LogP contribution in [0.5, 0.6) is 0 Å². The molecule has 0 fully saturated rings. The molecule has 2 N–H and O–H groups in total. The van der Waals surface area contributed by atoms with Gasteiger partial charge in [0.05, 0.1) is 3.79 Å². The molecule has 0 unspecified atom stereocenters. The SMILES string of the molecule is NC(=O)/C=C\c1ccc(Br)s1. The molecule has 0 aromatic carbocycles. The van der Waals surface area contributed by atoms with Crippen LogP contribution in [0.25, 0.3) is 6.08 Å². The summed E-state index contributed by atoms with van der Waals surface area (Å²) in [6, 6.07) is 3.83. The Bertz CT molecular complexity index is 292. The van der Waals surface area contributed by atoms with Crippen LogP contribution < -0.4 is 5.73 Å². The van der Waals surface area contributed by atoms with Gasteiger partial charge >= 0.3 is 0 Å². The molecule has 1 heterocycles. The fourth-order valence-corrected chi connectivity index (χ4v) is 1.91. The number of carbonyl (C=O) groups is 1. The number of halogens is 1. The predicted octanol–water partition coefficient (Wildman–Crippen LogP) is 2.01. The fourth-order valence-electron chi connectivity index (χ4n) is 0.582. The molecule has 0 radical (unpaired) electrons. The molecular weight excluding hydrogens is 226 g/mol. The van der Waals surface area contributed by atoms with Gasteiger partial charge in [-0.05, 0) is 34.1 Å². The van der Waals surface area contributed by atoms with Gasteiger partial charge in [0.15, 0.2) is 0 Å². The normalized spacial score (nSPS) is 10.6. The summed E-state index contributed by atoms with van der Waals surface area (Å²) in [7, 11) is 0. The van der Waals surface area contributed by atoms with Crippen LogP contribution in [0.2, 0.25) is 0 Å². The van der Waals surface area contributed by atoms with Gasteiger partial charge in [0.1, 0.15) is 0 Å². The Morgan fingerprint density at radius 3 is 2.82 bits per heavy atom. The maximum absolute atomic E-state index is 10.3. The summed E-state index contributed by atoms with van der Waals surface area (Å²) in [5.74, 6) is -0.422. The molecule has 11 heavy (non-hydrogen) atoms. The average molecular weight is 232 g/mol. The number of hydrogen-bond donors (Lipinski definition) is 1. The van der Waals surface area contributed by atoms with Crippen LogP contribution in [0.3, 0.4) is 0 Å². The predicted molar refractivity (Wildman–Crippen MR) is 50.2 cm³/mol. The van der Waals surface area contributed by atoms with Crippen molar-refractivity contribution < 1.29 is 4.79 Å². The van der Waals surface area contributed by atoms with E-state index in [1.807, 2.05) is 12.1 Å². The second kappa shape index (κ2) is 3.69. The number of amides is 1. The van der Waals surface area contributed by atoms with Crippen molar-refractivity contribution >= 4 is 39.2 Å². The lowest BCUT2D eigenvalue weighted by molar-refractivity contribution is -0.113. The highest BCUT2D eigenvalue weighted by molar-refractivity contribution is 9.11. The first-order valence-electron chi connectivity index (χ1n) is 2.91. The van der Waals surface area contributed by atoms with Gasteiger partial charge in [-0.2, -0.15) is 0 Å². The smallest absolute Gasteiger partial charge is 0.241 e. The number of carbonyl (C=O) groups excluding carboxylic acids is 1. The highest BCUT2D eigenvalue weighted by Crippen LogP contribution is 2.22. The largest absolute Gasteiger partial charge is 0.366 e. The fraction of sp³-hybridized carbons (Fsp3) is 0.